The first kappa shape index (κ1) is 25.8. The molecule has 5 nitrogen and oxygen atoms in total. The molecular formula is C29H40N2O3. The minimum Gasteiger partial charge on any atom is -0.483 e. The zero-order chi connectivity index (χ0) is 24.7. The van der Waals surface area contributed by atoms with Crippen molar-refractivity contribution in [3.05, 3.63) is 64.2 Å². The first-order valence-corrected chi connectivity index (χ1v) is 12.6. The minimum atomic E-state index is -0.528. The second-order valence-corrected chi connectivity index (χ2v) is 9.77. The van der Waals surface area contributed by atoms with Gasteiger partial charge in [-0.2, -0.15) is 0 Å². The van der Waals surface area contributed by atoms with Gasteiger partial charge in [0.05, 0.1) is 0 Å². The summed E-state index contributed by atoms with van der Waals surface area (Å²) in [6, 6.07) is 11.9. The quantitative estimate of drug-likeness (QED) is 0.529. The van der Waals surface area contributed by atoms with E-state index in [-0.39, 0.29) is 24.5 Å². The summed E-state index contributed by atoms with van der Waals surface area (Å²) in [5, 5.41) is 3.22. The van der Waals surface area contributed by atoms with E-state index in [1.165, 1.54) is 6.42 Å². The number of aryl methyl sites for hydroxylation is 3. The van der Waals surface area contributed by atoms with Crippen LogP contribution in [0.15, 0.2) is 36.4 Å². The molecule has 0 aliphatic heterocycles. The summed E-state index contributed by atoms with van der Waals surface area (Å²) in [7, 11) is 0. The van der Waals surface area contributed by atoms with Crippen LogP contribution >= 0.6 is 0 Å². The van der Waals surface area contributed by atoms with E-state index in [4.69, 9.17) is 4.74 Å². The van der Waals surface area contributed by atoms with E-state index in [0.717, 1.165) is 59.3 Å². The van der Waals surface area contributed by atoms with Gasteiger partial charge in [-0.15, -0.1) is 0 Å². The Balaban J connectivity index is 1.78. The van der Waals surface area contributed by atoms with Crippen LogP contribution in [-0.4, -0.2) is 35.4 Å². The maximum absolute atomic E-state index is 13.5. The molecule has 0 saturated heterocycles. The van der Waals surface area contributed by atoms with Gasteiger partial charge in [-0.05, 0) is 75.3 Å². The fourth-order valence-electron chi connectivity index (χ4n) is 4.73. The highest BCUT2D eigenvalue weighted by Gasteiger charge is 2.30. The van der Waals surface area contributed by atoms with Gasteiger partial charge in [0.15, 0.2) is 6.61 Å². The van der Waals surface area contributed by atoms with Gasteiger partial charge in [0.1, 0.15) is 11.8 Å². The van der Waals surface area contributed by atoms with Crippen LogP contribution in [0.3, 0.4) is 0 Å². The van der Waals surface area contributed by atoms with E-state index >= 15 is 0 Å². The van der Waals surface area contributed by atoms with Gasteiger partial charge in [0, 0.05) is 12.6 Å². The van der Waals surface area contributed by atoms with E-state index < -0.39 is 6.04 Å². The highest BCUT2D eigenvalue weighted by molar-refractivity contribution is 5.88. The molecule has 1 N–H and O–H groups in total. The molecule has 2 aromatic rings. The lowest BCUT2D eigenvalue weighted by Crippen LogP contribution is -2.52. The molecule has 34 heavy (non-hydrogen) atoms. The highest BCUT2D eigenvalue weighted by Crippen LogP contribution is 2.24. The lowest BCUT2D eigenvalue weighted by atomic mass is 9.95. The molecule has 0 radical (unpaired) electrons. The van der Waals surface area contributed by atoms with Crippen LogP contribution in [0.25, 0.3) is 0 Å². The van der Waals surface area contributed by atoms with Gasteiger partial charge >= 0.3 is 0 Å². The van der Waals surface area contributed by atoms with Crippen molar-refractivity contribution < 1.29 is 14.3 Å². The maximum atomic E-state index is 13.5. The summed E-state index contributed by atoms with van der Waals surface area (Å²) in [6.07, 6.45) is 6.12. The topological polar surface area (TPSA) is 58.6 Å². The van der Waals surface area contributed by atoms with Gasteiger partial charge in [0.2, 0.25) is 5.91 Å². The fraction of sp³-hybridized carbons (Fsp3) is 0.517. The number of nitrogens with zero attached hydrogens (tertiary/aromatic N) is 1. The number of amides is 2. The first-order chi connectivity index (χ1) is 16.3. The number of benzene rings is 2. The molecule has 184 valence electrons. The Labute approximate surface area is 204 Å². The second kappa shape index (κ2) is 12.0. The molecule has 0 spiro atoms. The Bertz CT molecular complexity index is 978. The van der Waals surface area contributed by atoms with E-state index in [1.807, 2.05) is 65.0 Å². The number of nitrogens with one attached hydrogen (secondary N) is 1. The Morgan fingerprint density at radius 3 is 2.32 bits per heavy atom. The van der Waals surface area contributed by atoms with Crippen molar-refractivity contribution in [1.82, 2.24) is 10.2 Å². The third-order valence-corrected chi connectivity index (χ3v) is 6.93. The van der Waals surface area contributed by atoms with Crippen LogP contribution < -0.4 is 10.1 Å². The number of carbonyl (C=O) groups is 2. The summed E-state index contributed by atoms with van der Waals surface area (Å²) < 4.78 is 6.00. The van der Waals surface area contributed by atoms with E-state index in [2.05, 4.69) is 11.4 Å². The van der Waals surface area contributed by atoms with Crippen LogP contribution in [0.4, 0.5) is 0 Å². The van der Waals surface area contributed by atoms with Crippen molar-refractivity contribution in [1.29, 1.82) is 0 Å². The molecule has 2 aromatic carbocycles. The Morgan fingerprint density at radius 1 is 1.00 bits per heavy atom. The molecule has 1 fully saturated rings. The SMILES string of the molecule is CC[C@H](C(=O)NC1CCCCC1)N(Cc1ccc(C)cc1)C(=O)COc1cc(C)cc(C)c1C. The summed E-state index contributed by atoms with van der Waals surface area (Å²) in [4.78, 5) is 28.5. The third-order valence-electron chi connectivity index (χ3n) is 6.93. The van der Waals surface area contributed by atoms with Crippen LogP contribution in [0.1, 0.15) is 73.3 Å². The Morgan fingerprint density at radius 2 is 1.68 bits per heavy atom. The summed E-state index contributed by atoms with van der Waals surface area (Å²) in [6.45, 7) is 10.4. The number of rotatable bonds is 9. The first-order valence-electron chi connectivity index (χ1n) is 12.6. The molecule has 0 bridgehead atoms. The van der Waals surface area contributed by atoms with E-state index in [0.29, 0.717) is 13.0 Å². The smallest absolute Gasteiger partial charge is 0.261 e. The maximum Gasteiger partial charge on any atom is 0.261 e. The number of hydrogen-bond acceptors (Lipinski definition) is 3. The normalized spacial score (nSPS) is 15.0. The number of ether oxygens (including phenoxy) is 1. The molecular weight excluding hydrogens is 424 g/mol. The summed E-state index contributed by atoms with van der Waals surface area (Å²) >= 11 is 0. The molecule has 0 unspecified atom stereocenters. The summed E-state index contributed by atoms with van der Waals surface area (Å²) in [5.41, 5.74) is 5.44. The van der Waals surface area contributed by atoms with Gasteiger partial charge in [0.25, 0.3) is 5.91 Å². The van der Waals surface area contributed by atoms with Gasteiger partial charge < -0.3 is 15.0 Å². The lowest BCUT2D eigenvalue weighted by molar-refractivity contribution is -0.143. The van der Waals surface area contributed by atoms with Crippen molar-refractivity contribution >= 4 is 11.8 Å². The van der Waals surface area contributed by atoms with Crippen molar-refractivity contribution in [2.24, 2.45) is 0 Å². The summed E-state index contributed by atoms with van der Waals surface area (Å²) in [5.74, 6) is 0.489. The number of carbonyl (C=O) groups excluding carboxylic acids is 2. The van der Waals surface area contributed by atoms with Crippen molar-refractivity contribution in [2.45, 2.75) is 91.8 Å². The lowest BCUT2D eigenvalue weighted by Gasteiger charge is -2.32. The molecule has 1 saturated carbocycles. The molecule has 2 amide bonds. The van der Waals surface area contributed by atoms with E-state index in [9.17, 15) is 9.59 Å². The van der Waals surface area contributed by atoms with Crippen molar-refractivity contribution in [3.63, 3.8) is 0 Å². The highest BCUT2D eigenvalue weighted by atomic mass is 16.5. The predicted octanol–water partition coefficient (Wildman–Crippen LogP) is 5.56. The molecule has 1 aliphatic rings. The fourth-order valence-corrected chi connectivity index (χ4v) is 4.73. The van der Waals surface area contributed by atoms with Crippen LogP contribution in [0.2, 0.25) is 0 Å². The predicted molar refractivity (Wildman–Crippen MR) is 137 cm³/mol. The molecule has 0 aromatic heterocycles. The zero-order valence-electron chi connectivity index (χ0n) is 21.4. The standard InChI is InChI=1S/C29H40N2O3/c1-6-26(29(33)30-25-10-8-7-9-11-25)31(18-24-14-12-20(2)13-15-24)28(32)19-34-27-17-21(3)16-22(4)23(27)5/h12-17,25-26H,6-11,18-19H2,1-5H3,(H,30,33)/t26-/m1/s1. The Kier molecular flexibility index (Phi) is 9.14. The average Bonchev–Trinajstić information content (AvgIpc) is 2.82. The van der Waals surface area contributed by atoms with Crippen molar-refractivity contribution in [2.75, 3.05) is 6.61 Å². The minimum absolute atomic E-state index is 0.0579. The Hall–Kier alpha value is -2.82. The largest absolute Gasteiger partial charge is 0.483 e. The van der Waals surface area contributed by atoms with Crippen LogP contribution in [-0.2, 0) is 16.1 Å². The van der Waals surface area contributed by atoms with Gasteiger partial charge in [-0.3, -0.25) is 9.59 Å². The zero-order valence-corrected chi connectivity index (χ0v) is 21.4. The van der Waals surface area contributed by atoms with Gasteiger partial charge in [-0.25, -0.2) is 0 Å². The molecule has 3 rings (SSSR count). The third kappa shape index (κ3) is 6.85. The van der Waals surface area contributed by atoms with Crippen molar-refractivity contribution in [3.8, 4) is 5.75 Å². The van der Waals surface area contributed by atoms with Crippen LogP contribution in [0, 0.1) is 27.7 Å². The molecule has 0 heterocycles. The molecule has 5 heteroatoms. The average molecular weight is 465 g/mol. The molecule has 1 atom stereocenters. The monoisotopic (exact) mass is 464 g/mol. The van der Waals surface area contributed by atoms with Gasteiger partial charge in [-0.1, -0.05) is 62.1 Å². The van der Waals surface area contributed by atoms with E-state index in [1.54, 1.807) is 4.90 Å². The molecule has 1 aliphatic carbocycles. The second-order valence-electron chi connectivity index (χ2n) is 9.77. The van der Waals surface area contributed by atoms with Crippen LogP contribution in [0.5, 0.6) is 5.75 Å². The number of hydrogen-bond donors (Lipinski definition) is 1.